The van der Waals surface area contributed by atoms with Gasteiger partial charge in [-0.25, -0.2) is 0 Å². The first kappa shape index (κ1) is 16.2. The molecular weight excluding hydrogens is 383 g/mol. The number of nitrogens with zero attached hydrogens (tertiary/aromatic N) is 1. The SMILES string of the molecule is Cl.NCCC1CCCN(C(=O)c2csc(I)c2)C1. The van der Waals surface area contributed by atoms with Crippen LogP contribution in [0.4, 0.5) is 0 Å². The predicted molar refractivity (Wildman–Crippen MR) is 86.6 cm³/mol. The second-order valence-electron chi connectivity index (χ2n) is 4.48. The van der Waals surface area contributed by atoms with Crippen molar-refractivity contribution in [2.75, 3.05) is 19.6 Å². The van der Waals surface area contributed by atoms with Crippen molar-refractivity contribution in [2.24, 2.45) is 11.7 Å². The lowest BCUT2D eigenvalue weighted by atomic mass is 9.94. The third-order valence-corrected chi connectivity index (χ3v) is 4.98. The Bertz CT molecular complexity index is 397. The van der Waals surface area contributed by atoms with Crippen LogP contribution in [0, 0.1) is 8.80 Å². The van der Waals surface area contributed by atoms with E-state index in [1.807, 2.05) is 16.3 Å². The molecule has 2 rings (SSSR count). The Morgan fingerprint density at radius 2 is 2.39 bits per heavy atom. The number of hydrogen-bond acceptors (Lipinski definition) is 3. The maximum absolute atomic E-state index is 12.3. The zero-order chi connectivity index (χ0) is 12.3. The molecule has 102 valence electrons. The lowest BCUT2D eigenvalue weighted by Crippen LogP contribution is -2.40. The monoisotopic (exact) mass is 400 g/mol. The highest BCUT2D eigenvalue weighted by atomic mass is 127. The van der Waals surface area contributed by atoms with E-state index in [4.69, 9.17) is 5.73 Å². The first-order chi connectivity index (χ1) is 8.20. The van der Waals surface area contributed by atoms with Crippen molar-refractivity contribution in [3.8, 4) is 0 Å². The number of likely N-dealkylation sites (tertiary alicyclic amines) is 1. The number of amides is 1. The van der Waals surface area contributed by atoms with Gasteiger partial charge >= 0.3 is 0 Å². The Kier molecular flexibility index (Phi) is 6.90. The van der Waals surface area contributed by atoms with Crippen LogP contribution in [0.25, 0.3) is 0 Å². The molecule has 1 unspecified atom stereocenters. The molecule has 1 aliphatic heterocycles. The summed E-state index contributed by atoms with van der Waals surface area (Å²) in [5.41, 5.74) is 6.43. The number of hydrogen-bond donors (Lipinski definition) is 1. The number of halogens is 2. The molecule has 1 saturated heterocycles. The van der Waals surface area contributed by atoms with Crippen LogP contribution in [0.15, 0.2) is 11.4 Å². The summed E-state index contributed by atoms with van der Waals surface area (Å²) in [5.74, 6) is 0.779. The van der Waals surface area contributed by atoms with E-state index in [9.17, 15) is 4.79 Å². The van der Waals surface area contributed by atoms with Gasteiger partial charge in [-0.15, -0.1) is 23.7 Å². The minimum absolute atomic E-state index is 0. The Morgan fingerprint density at radius 3 is 3.00 bits per heavy atom. The van der Waals surface area contributed by atoms with Gasteiger partial charge in [0.2, 0.25) is 0 Å². The molecule has 18 heavy (non-hydrogen) atoms. The average molecular weight is 401 g/mol. The van der Waals surface area contributed by atoms with Gasteiger partial charge in [0, 0.05) is 18.5 Å². The molecule has 1 fully saturated rings. The highest BCUT2D eigenvalue weighted by Crippen LogP contribution is 2.23. The molecule has 2 heterocycles. The van der Waals surface area contributed by atoms with E-state index < -0.39 is 0 Å². The second kappa shape index (κ2) is 7.67. The standard InChI is InChI=1S/C12H17IN2OS.ClH/c13-11-6-10(8-17-11)12(16)15-5-1-2-9(7-15)3-4-14;/h6,8-9H,1-5,7,14H2;1H. The zero-order valence-corrected chi connectivity index (χ0v) is 13.9. The van der Waals surface area contributed by atoms with E-state index in [2.05, 4.69) is 22.6 Å². The summed E-state index contributed by atoms with van der Waals surface area (Å²) < 4.78 is 1.17. The number of carbonyl (C=O) groups excluding carboxylic acids is 1. The maximum atomic E-state index is 12.3. The zero-order valence-electron chi connectivity index (χ0n) is 10.1. The quantitative estimate of drug-likeness (QED) is 0.793. The van der Waals surface area contributed by atoms with Crippen molar-refractivity contribution in [1.82, 2.24) is 4.90 Å². The molecule has 1 atom stereocenters. The molecule has 0 radical (unpaired) electrons. The Labute approximate surface area is 132 Å². The normalized spacial score (nSPS) is 19.4. The fourth-order valence-corrected chi connectivity index (χ4v) is 3.65. The van der Waals surface area contributed by atoms with Gasteiger partial charge in [-0.3, -0.25) is 4.79 Å². The number of rotatable bonds is 3. The summed E-state index contributed by atoms with van der Waals surface area (Å²) in [4.78, 5) is 14.2. The molecule has 0 spiro atoms. The van der Waals surface area contributed by atoms with Gasteiger partial charge in [-0.05, 0) is 60.4 Å². The molecule has 1 aliphatic rings. The number of carbonyl (C=O) groups is 1. The molecule has 1 amide bonds. The topological polar surface area (TPSA) is 46.3 Å². The number of nitrogens with two attached hydrogens (primary N) is 1. The Morgan fingerprint density at radius 1 is 1.61 bits per heavy atom. The summed E-state index contributed by atoms with van der Waals surface area (Å²) in [5, 5.41) is 1.96. The van der Waals surface area contributed by atoms with E-state index >= 15 is 0 Å². The lowest BCUT2D eigenvalue weighted by Gasteiger charge is -2.32. The fraction of sp³-hybridized carbons (Fsp3) is 0.583. The number of piperidine rings is 1. The molecule has 1 aromatic rings. The van der Waals surface area contributed by atoms with Crippen molar-refractivity contribution in [3.63, 3.8) is 0 Å². The molecule has 3 nitrogen and oxygen atoms in total. The minimum atomic E-state index is 0. The van der Waals surface area contributed by atoms with Crippen LogP contribution in [0.3, 0.4) is 0 Å². The summed E-state index contributed by atoms with van der Waals surface area (Å²) in [6.07, 6.45) is 3.35. The van der Waals surface area contributed by atoms with Crippen molar-refractivity contribution in [2.45, 2.75) is 19.3 Å². The van der Waals surface area contributed by atoms with Crippen LogP contribution in [0.2, 0.25) is 0 Å². The summed E-state index contributed by atoms with van der Waals surface area (Å²) >= 11 is 3.88. The van der Waals surface area contributed by atoms with Gasteiger partial charge in [0.15, 0.2) is 0 Å². The summed E-state index contributed by atoms with van der Waals surface area (Å²) in [6.45, 7) is 2.50. The van der Waals surface area contributed by atoms with Crippen LogP contribution in [-0.4, -0.2) is 30.4 Å². The van der Waals surface area contributed by atoms with Crippen molar-refractivity contribution in [3.05, 3.63) is 19.9 Å². The van der Waals surface area contributed by atoms with Gasteiger partial charge in [0.1, 0.15) is 0 Å². The highest BCUT2D eigenvalue weighted by molar-refractivity contribution is 14.1. The van der Waals surface area contributed by atoms with E-state index in [1.165, 1.54) is 9.30 Å². The first-order valence-corrected chi connectivity index (χ1v) is 7.90. The minimum Gasteiger partial charge on any atom is -0.338 e. The highest BCUT2D eigenvalue weighted by Gasteiger charge is 2.24. The second-order valence-corrected chi connectivity index (χ2v) is 7.28. The van der Waals surface area contributed by atoms with Crippen LogP contribution in [0.1, 0.15) is 29.6 Å². The van der Waals surface area contributed by atoms with Crippen LogP contribution in [-0.2, 0) is 0 Å². The summed E-state index contributed by atoms with van der Waals surface area (Å²) in [7, 11) is 0. The smallest absolute Gasteiger partial charge is 0.254 e. The average Bonchev–Trinajstić information content (AvgIpc) is 2.76. The van der Waals surface area contributed by atoms with Crippen LogP contribution < -0.4 is 5.73 Å². The van der Waals surface area contributed by atoms with Crippen LogP contribution >= 0.6 is 46.3 Å². The van der Waals surface area contributed by atoms with Gasteiger partial charge in [0.25, 0.3) is 5.91 Å². The van der Waals surface area contributed by atoms with Gasteiger partial charge in [-0.2, -0.15) is 0 Å². The Balaban J connectivity index is 0.00000162. The molecule has 0 aliphatic carbocycles. The molecule has 1 aromatic heterocycles. The van der Waals surface area contributed by atoms with Crippen LogP contribution in [0.5, 0.6) is 0 Å². The molecular formula is C12H18ClIN2OS. The van der Waals surface area contributed by atoms with Crippen molar-refractivity contribution >= 4 is 52.2 Å². The molecule has 0 aromatic carbocycles. The Hall–Kier alpha value is 0.150. The van der Waals surface area contributed by atoms with Crippen molar-refractivity contribution < 1.29 is 4.79 Å². The first-order valence-electron chi connectivity index (χ1n) is 5.94. The lowest BCUT2D eigenvalue weighted by molar-refractivity contribution is 0.0670. The van der Waals surface area contributed by atoms with Gasteiger partial charge in [0.05, 0.1) is 8.45 Å². The molecule has 0 bridgehead atoms. The molecule has 2 N–H and O–H groups in total. The molecule has 0 saturated carbocycles. The van der Waals surface area contributed by atoms with Crippen molar-refractivity contribution in [1.29, 1.82) is 0 Å². The van der Waals surface area contributed by atoms with E-state index in [1.54, 1.807) is 11.3 Å². The third kappa shape index (κ3) is 4.08. The van der Waals surface area contributed by atoms with E-state index in [0.717, 1.165) is 38.0 Å². The van der Waals surface area contributed by atoms with E-state index in [-0.39, 0.29) is 18.3 Å². The summed E-state index contributed by atoms with van der Waals surface area (Å²) in [6, 6.07) is 1.97. The maximum Gasteiger partial charge on any atom is 0.254 e. The van der Waals surface area contributed by atoms with Gasteiger partial charge < -0.3 is 10.6 Å². The molecule has 6 heteroatoms. The predicted octanol–water partition coefficient (Wildman–Crippen LogP) is 2.98. The van der Waals surface area contributed by atoms with E-state index in [0.29, 0.717) is 5.92 Å². The van der Waals surface area contributed by atoms with Gasteiger partial charge in [-0.1, -0.05) is 0 Å². The fourth-order valence-electron chi connectivity index (χ4n) is 2.33. The number of thiophene rings is 1. The third-order valence-electron chi connectivity index (χ3n) is 3.20. The largest absolute Gasteiger partial charge is 0.338 e.